The number of nitrogens with one attached hydrogen (secondary N) is 1. The molecule has 2 aromatic carbocycles. The largest absolute Gasteiger partial charge is 0.358 e. The zero-order chi connectivity index (χ0) is 18.3. The van der Waals surface area contributed by atoms with Crippen LogP contribution in [0.4, 0.5) is 0 Å². The molecular formula is C23H22BrNO. The Kier molecular flexibility index (Phi) is 4.36. The Morgan fingerprint density at radius 3 is 2.38 bits per heavy atom. The van der Waals surface area contributed by atoms with Gasteiger partial charge < -0.3 is 5.32 Å². The summed E-state index contributed by atoms with van der Waals surface area (Å²) >= 11 is 3.51. The van der Waals surface area contributed by atoms with Crippen LogP contribution in [0.1, 0.15) is 43.7 Å². The number of hydrogen-bond acceptors (Lipinski definition) is 2. The molecule has 2 aromatic rings. The van der Waals surface area contributed by atoms with Crippen molar-refractivity contribution >= 4 is 27.4 Å². The molecular weight excluding hydrogens is 386 g/mol. The van der Waals surface area contributed by atoms with Gasteiger partial charge in [-0.2, -0.15) is 0 Å². The fourth-order valence-electron chi connectivity index (χ4n) is 3.98. The highest BCUT2D eigenvalue weighted by molar-refractivity contribution is 9.10. The summed E-state index contributed by atoms with van der Waals surface area (Å²) in [5.41, 5.74) is 5.40. The highest BCUT2D eigenvalue weighted by Gasteiger charge is 2.38. The van der Waals surface area contributed by atoms with Gasteiger partial charge in [-0.1, -0.05) is 72.2 Å². The molecule has 1 aliphatic carbocycles. The van der Waals surface area contributed by atoms with E-state index in [1.165, 1.54) is 0 Å². The lowest BCUT2D eigenvalue weighted by atomic mass is 9.70. The molecule has 3 heteroatoms. The number of dihydropyridines is 1. The summed E-state index contributed by atoms with van der Waals surface area (Å²) in [7, 11) is 0. The normalized spacial score (nSPS) is 21.7. The van der Waals surface area contributed by atoms with Gasteiger partial charge in [0.05, 0.1) is 0 Å². The smallest absolute Gasteiger partial charge is 0.162 e. The first-order chi connectivity index (χ1) is 12.4. The van der Waals surface area contributed by atoms with Crippen molar-refractivity contribution in [1.82, 2.24) is 5.32 Å². The molecule has 1 atom stereocenters. The molecule has 0 aromatic heterocycles. The maximum atomic E-state index is 13.0. The second kappa shape index (κ2) is 6.55. The monoisotopic (exact) mass is 407 g/mol. The Labute approximate surface area is 163 Å². The van der Waals surface area contributed by atoms with E-state index >= 15 is 0 Å². The summed E-state index contributed by atoms with van der Waals surface area (Å²) in [6.07, 6.45) is 3.70. The van der Waals surface area contributed by atoms with Crippen molar-refractivity contribution in [2.75, 3.05) is 0 Å². The number of allylic oxidation sites excluding steroid dienone is 3. The number of hydrogen-bond donors (Lipinski definition) is 1. The van der Waals surface area contributed by atoms with Gasteiger partial charge in [0.15, 0.2) is 5.78 Å². The van der Waals surface area contributed by atoms with E-state index in [1.54, 1.807) is 0 Å². The second-order valence-electron chi connectivity index (χ2n) is 7.93. The number of Topliss-reactive ketones (excluding diaryl/α,β-unsaturated/α-hetero) is 1. The third-order valence-corrected chi connectivity index (χ3v) is 5.69. The lowest BCUT2D eigenvalue weighted by Gasteiger charge is -2.38. The van der Waals surface area contributed by atoms with Crippen LogP contribution in [0.5, 0.6) is 0 Å². The Balaban J connectivity index is 1.84. The quantitative estimate of drug-likeness (QED) is 0.679. The third-order valence-electron chi connectivity index (χ3n) is 5.16. The molecule has 1 N–H and O–H groups in total. The fourth-order valence-corrected chi connectivity index (χ4v) is 4.24. The number of carbonyl (C=O) groups excluding carboxylic acids is 1. The number of ketones is 1. The molecule has 4 rings (SSSR count). The summed E-state index contributed by atoms with van der Waals surface area (Å²) in [6.45, 7) is 4.34. The van der Waals surface area contributed by atoms with E-state index in [2.05, 4.69) is 65.4 Å². The minimum Gasteiger partial charge on any atom is -0.358 e. The Morgan fingerprint density at radius 1 is 1.00 bits per heavy atom. The maximum Gasteiger partial charge on any atom is 0.162 e. The summed E-state index contributed by atoms with van der Waals surface area (Å²) in [5, 5.41) is 3.58. The molecule has 0 amide bonds. The van der Waals surface area contributed by atoms with Crippen LogP contribution in [0, 0.1) is 5.41 Å². The number of carbonyl (C=O) groups is 1. The Hall–Kier alpha value is -2.13. The van der Waals surface area contributed by atoms with E-state index in [0.717, 1.165) is 39.0 Å². The molecule has 0 spiro atoms. The van der Waals surface area contributed by atoms with Crippen LogP contribution in [0.2, 0.25) is 0 Å². The highest BCUT2D eigenvalue weighted by atomic mass is 79.9. The predicted octanol–water partition coefficient (Wildman–Crippen LogP) is 5.82. The molecule has 0 bridgehead atoms. The van der Waals surface area contributed by atoms with E-state index in [1.807, 2.05) is 30.3 Å². The SMILES string of the molecule is CC1(C)CC(=O)C2=C(C1)NC(c1ccccc1)=CC2c1ccc(Br)cc1. The van der Waals surface area contributed by atoms with Crippen LogP contribution < -0.4 is 5.32 Å². The number of halogens is 1. The predicted molar refractivity (Wildman–Crippen MR) is 109 cm³/mol. The standard InChI is InChI=1S/C23H22BrNO/c1-23(2)13-20-22(21(26)14-23)18(15-8-10-17(24)11-9-15)12-19(25-20)16-6-4-3-5-7-16/h3-12,18,25H,13-14H2,1-2H3. The average molecular weight is 408 g/mol. The van der Waals surface area contributed by atoms with Gasteiger partial charge in [0.1, 0.15) is 0 Å². The molecule has 0 saturated carbocycles. The Bertz CT molecular complexity index is 907. The molecule has 132 valence electrons. The van der Waals surface area contributed by atoms with Gasteiger partial charge in [0, 0.05) is 33.8 Å². The van der Waals surface area contributed by atoms with E-state index in [0.29, 0.717) is 6.42 Å². The summed E-state index contributed by atoms with van der Waals surface area (Å²) < 4.78 is 1.05. The average Bonchev–Trinajstić information content (AvgIpc) is 2.61. The molecule has 2 aliphatic rings. The van der Waals surface area contributed by atoms with Crippen LogP contribution in [0.25, 0.3) is 5.70 Å². The fraction of sp³-hybridized carbons (Fsp3) is 0.261. The zero-order valence-corrected chi connectivity index (χ0v) is 16.6. The minimum absolute atomic E-state index is 0.00171. The van der Waals surface area contributed by atoms with E-state index in [9.17, 15) is 4.79 Å². The van der Waals surface area contributed by atoms with Crippen molar-refractivity contribution in [1.29, 1.82) is 0 Å². The topological polar surface area (TPSA) is 29.1 Å². The van der Waals surface area contributed by atoms with Crippen molar-refractivity contribution in [3.05, 3.63) is 87.5 Å². The highest BCUT2D eigenvalue weighted by Crippen LogP contribution is 2.44. The molecule has 0 fully saturated rings. The van der Waals surface area contributed by atoms with Gasteiger partial charge in [0.2, 0.25) is 0 Å². The molecule has 1 aliphatic heterocycles. The van der Waals surface area contributed by atoms with Crippen molar-refractivity contribution in [3.8, 4) is 0 Å². The molecule has 1 unspecified atom stereocenters. The van der Waals surface area contributed by atoms with Crippen molar-refractivity contribution < 1.29 is 4.79 Å². The zero-order valence-electron chi connectivity index (χ0n) is 15.1. The van der Waals surface area contributed by atoms with E-state index < -0.39 is 0 Å². The van der Waals surface area contributed by atoms with Crippen LogP contribution in [-0.4, -0.2) is 5.78 Å². The van der Waals surface area contributed by atoms with E-state index in [4.69, 9.17) is 0 Å². The first-order valence-corrected chi connectivity index (χ1v) is 9.78. The molecule has 0 saturated heterocycles. The van der Waals surface area contributed by atoms with Crippen LogP contribution >= 0.6 is 15.9 Å². The number of rotatable bonds is 2. The first-order valence-electron chi connectivity index (χ1n) is 8.99. The molecule has 2 nitrogen and oxygen atoms in total. The van der Waals surface area contributed by atoms with Crippen molar-refractivity contribution in [3.63, 3.8) is 0 Å². The molecule has 1 heterocycles. The molecule has 26 heavy (non-hydrogen) atoms. The van der Waals surface area contributed by atoms with Crippen LogP contribution in [-0.2, 0) is 4.79 Å². The van der Waals surface area contributed by atoms with Gasteiger partial charge >= 0.3 is 0 Å². The molecule has 0 radical (unpaired) electrons. The minimum atomic E-state index is -0.00762. The maximum absolute atomic E-state index is 13.0. The summed E-state index contributed by atoms with van der Waals surface area (Å²) in [6, 6.07) is 18.6. The third kappa shape index (κ3) is 3.28. The van der Waals surface area contributed by atoms with Crippen LogP contribution in [0.3, 0.4) is 0 Å². The number of benzene rings is 2. The van der Waals surface area contributed by atoms with E-state index in [-0.39, 0.29) is 17.1 Å². The van der Waals surface area contributed by atoms with Crippen molar-refractivity contribution in [2.45, 2.75) is 32.6 Å². The van der Waals surface area contributed by atoms with Gasteiger partial charge in [-0.25, -0.2) is 0 Å². The van der Waals surface area contributed by atoms with Crippen molar-refractivity contribution in [2.24, 2.45) is 5.41 Å². The van der Waals surface area contributed by atoms with Gasteiger partial charge in [-0.3, -0.25) is 4.79 Å². The second-order valence-corrected chi connectivity index (χ2v) is 8.85. The van der Waals surface area contributed by atoms with Crippen LogP contribution in [0.15, 0.2) is 76.4 Å². The van der Waals surface area contributed by atoms with Gasteiger partial charge in [0.25, 0.3) is 0 Å². The lowest BCUT2D eigenvalue weighted by molar-refractivity contribution is -0.118. The Morgan fingerprint density at radius 2 is 1.69 bits per heavy atom. The summed E-state index contributed by atoms with van der Waals surface area (Å²) in [4.78, 5) is 13.0. The summed E-state index contributed by atoms with van der Waals surface area (Å²) in [5.74, 6) is 0.262. The lowest BCUT2D eigenvalue weighted by Crippen LogP contribution is -2.35. The van der Waals surface area contributed by atoms with Gasteiger partial charge in [-0.05, 0) is 41.2 Å². The first kappa shape index (κ1) is 17.3. The van der Waals surface area contributed by atoms with Gasteiger partial charge in [-0.15, -0.1) is 0 Å².